The molecule has 0 aliphatic carbocycles. The molecule has 0 aromatic heterocycles. The minimum Gasteiger partial charge on any atom is -0.423 e. The molecular formula is C8H8BFO3. The number of benzene rings is 1. The number of carbonyl (C=O) groups is 1. The predicted molar refractivity (Wildman–Crippen MR) is 46.4 cm³/mol. The summed E-state index contributed by atoms with van der Waals surface area (Å²) in [6, 6.07) is 2.70. The van der Waals surface area contributed by atoms with Gasteiger partial charge in [0, 0.05) is 0 Å². The second-order valence-corrected chi connectivity index (χ2v) is 2.69. The standard InChI is InChI=1S/C8H8BFO3/c1-5-2-3-7(9(12)13)6(4-11)8(5)10/h2-4,12-13H,1H3. The third-order valence-electron chi connectivity index (χ3n) is 1.80. The monoisotopic (exact) mass is 182 g/mol. The van der Waals surface area contributed by atoms with E-state index in [1.165, 1.54) is 19.1 Å². The SMILES string of the molecule is Cc1ccc(B(O)O)c(C=O)c1F. The molecule has 0 spiro atoms. The van der Waals surface area contributed by atoms with E-state index in [4.69, 9.17) is 10.0 Å². The molecule has 0 radical (unpaired) electrons. The van der Waals surface area contributed by atoms with Crippen LogP contribution in [-0.2, 0) is 0 Å². The Hall–Kier alpha value is -1.20. The molecule has 0 amide bonds. The van der Waals surface area contributed by atoms with Gasteiger partial charge in [-0.3, -0.25) is 4.79 Å². The van der Waals surface area contributed by atoms with Gasteiger partial charge in [-0.1, -0.05) is 12.1 Å². The smallest absolute Gasteiger partial charge is 0.423 e. The fourth-order valence-corrected chi connectivity index (χ4v) is 1.06. The summed E-state index contributed by atoms with van der Waals surface area (Å²) in [5, 5.41) is 17.6. The average molecular weight is 182 g/mol. The summed E-state index contributed by atoms with van der Waals surface area (Å²) >= 11 is 0. The van der Waals surface area contributed by atoms with Gasteiger partial charge in [0.05, 0.1) is 5.56 Å². The molecule has 0 saturated heterocycles. The topological polar surface area (TPSA) is 57.5 Å². The molecule has 0 atom stereocenters. The van der Waals surface area contributed by atoms with Gasteiger partial charge >= 0.3 is 7.12 Å². The van der Waals surface area contributed by atoms with Crippen molar-refractivity contribution in [1.29, 1.82) is 0 Å². The first-order valence-corrected chi connectivity index (χ1v) is 3.68. The molecule has 0 heterocycles. The van der Waals surface area contributed by atoms with Crippen molar-refractivity contribution in [1.82, 2.24) is 0 Å². The summed E-state index contributed by atoms with van der Waals surface area (Å²) in [5.41, 5.74) is -0.111. The number of halogens is 1. The lowest BCUT2D eigenvalue weighted by atomic mass is 9.76. The van der Waals surface area contributed by atoms with Crippen LogP contribution in [-0.4, -0.2) is 23.5 Å². The second kappa shape index (κ2) is 3.68. The maximum absolute atomic E-state index is 13.2. The molecule has 0 fully saturated rings. The van der Waals surface area contributed by atoms with Gasteiger partial charge in [-0.2, -0.15) is 0 Å². The minimum atomic E-state index is -1.82. The number of aryl methyl sites for hydroxylation is 1. The summed E-state index contributed by atoms with van der Waals surface area (Å²) in [4.78, 5) is 10.4. The summed E-state index contributed by atoms with van der Waals surface area (Å²) in [5.74, 6) is -0.708. The fraction of sp³-hybridized carbons (Fsp3) is 0.125. The van der Waals surface area contributed by atoms with Crippen molar-refractivity contribution in [2.24, 2.45) is 0 Å². The maximum atomic E-state index is 13.2. The van der Waals surface area contributed by atoms with Gasteiger partial charge in [-0.05, 0) is 17.9 Å². The van der Waals surface area contributed by atoms with Crippen LogP contribution >= 0.6 is 0 Å². The molecule has 0 aliphatic heterocycles. The van der Waals surface area contributed by atoms with Gasteiger partial charge < -0.3 is 10.0 Å². The zero-order chi connectivity index (χ0) is 10.0. The van der Waals surface area contributed by atoms with Crippen LogP contribution in [0, 0.1) is 12.7 Å². The Morgan fingerprint density at radius 3 is 2.54 bits per heavy atom. The van der Waals surface area contributed by atoms with E-state index in [-0.39, 0.29) is 17.3 Å². The first-order chi connectivity index (χ1) is 6.07. The first-order valence-electron chi connectivity index (χ1n) is 3.68. The zero-order valence-electron chi connectivity index (χ0n) is 6.99. The summed E-state index contributed by atoms with van der Waals surface area (Å²) in [7, 11) is -1.82. The Bertz CT molecular complexity index is 338. The Morgan fingerprint density at radius 2 is 2.08 bits per heavy atom. The largest absolute Gasteiger partial charge is 0.489 e. The van der Waals surface area contributed by atoms with Crippen LogP contribution in [0.25, 0.3) is 0 Å². The summed E-state index contributed by atoms with van der Waals surface area (Å²) in [6.07, 6.45) is 0.275. The Kier molecular flexibility index (Phi) is 2.80. The van der Waals surface area contributed by atoms with E-state index in [1.807, 2.05) is 0 Å². The summed E-state index contributed by atoms with van der Waals surface area (Å²) in [6.45, 7) is 1.50. The lowest BCUT2D eigenvalue weighted by Crippen LogP contribution is -2.34. The van der Waals surface area contributed by atoms with E-state index in [0.717, 1.165) is 0 Å². The Morgan fingerprint density at radius 1 is 1.46 bits per heavy atom. The molecule has 1 rings (SSSR count). The Balaban J connectivity index is 3.38. The van der Waals surface area contributed by atoms with Crippen molar-refractivity contribution in [3.8, 4) is 0 Å². The molecule has 0 bridgehead atoms. The van der Waals surface area contributed by atoms with Crippen molar-refractivity contribution >= 4 is 18.9 Å². The lowest BCUT2D eigenvalue weighted by Gasteiger charge is -2.05. The van der Waals surface area contributed by atoms with E-state index in [9.17, 15) is 9.18 Å². The van der Waals surface area contributed by atoms with Gasteiger partial charge in [0.1, 0.15) is 5.82 Å². The fourth-order valence-electron chi connectivity index (χ4n) is 1.06. The van der Waals surface area contributed by atoms with Crippen molar-refractivity contribution in [3.05, 3.63) is 29.1 Å². The third-order valence-corrected chi connectivity index (χ3v) is 1.80. The van der Waals surface area contributed by atoms with Gasteiger partial charge in [0.25, 0.3) is 0 Å². The Labute approximate surface area is 75.0 Å². The van der Waals surface area contributed by atoms with E-state index in [2.05, 4.69) is 0 Å². The normalized spacial score (nSPS) is 9.85. The molecule has 68 valence electrons. The molecule has 0 saturated carbocycles. The first kappa shape index (κ1) is 9.89. The molecule has 0 aliphatic rings. The van der Waals surface area contributed by atoms with E-state index in [1.54, 1.807) is 0 Å². The van der Waals surface area contributed by atoms with Crippen LogP contribution in [0.5, 0.6) is 0 Å². The average Bonchev–Trinajstić information content (AvgIpc) is 2.09. The van der Waals surface area contributed by atoms with Gasteiger partial charge in [-0.15, -0.1) is 0 Å². The highest BCUT2D eigenvalue weighted by atomic mass is 19.1. The van der Waals surface area contributed by atoms with E-state index in [0.29, 0.717) is 5.56 Å². The second-order valence-electron chi connectivity index (χ2n) is 2.69. The number of aldehydes is 1. The molecule has 13 heavy (non-hydrogen) atoms. The molecule has 1 aromatic rings. The molecular weight excluding hydrogens is 174 g/mol. The molecule has 1 aromatic carbocycles. The minimum absolute atomic E-state index is 0.113. The van der Waals surface area contributed by atoms with Crippen molar-refractivity contribution in [3.63, 3.8) is 0 Å². The summed E-state index contributed by atoms with van der Waals surface area (Å²) < 4.78 is 13.2. The van der Waals surface area contributed by atoms with E-state index < -0.39 is 12.9 Å². The molecule has 0 unspecified atom stereocenters. The molecule has 3 nitrogen and oxygen atoms in total. The van der Waals surface area contributed by atoms with Crippen LogP contribution in [0.1, 0.15) is 15.9 Å². The van der Waals surface area contributed by atoms with Crippen LogP contribution in [0.2, 0.25) is 0 Å². The van der Waals surface area contributed by atoms with Crippen LogP contribution in [0.3, 0.4) is 0 Å². The highest BCUT2D eigenvalue weighted by Crippen LogP contribution is 2.08. The number of hydrogen-bond acceptors (Lipinski definition) is 3. The predicted octanol–water partition coefficient (Wildman–Crippen LogP) is -0.374. The molecule has 2 N–H and O–H groups in total. The zero-order valence-corrected chi connectivity index (χ0v) is 6.99. The van der Waals surface area contributed by atoms with E-state index >= 15 is 0 Å². The highest BCUT2D eigenvalue weighted by Gasteiger charge is 2.19. The third kappa shape index (κ3) is 1.76. The lowest BCUT2D eigenvalue weighted by molar-refractivity contribution is 0.112. The highest BCUT2D eigenvalue weighted by molar-refractivity contribution is 6.60. The number of hydrogen-bond donors (Lipinski definition) is 2. The van der Waals surface area contributed by atoms with Crippen molar-refractivity contribution < 1.29 is 19.2 Å². The van der Waals surface area contributed by atoms with Crippen LogP contribution in [0.4, 0.5) is 4.39 Å². The van der Waals surface area contributed by atoms with Crippen LogP contribution in [0.15, 0.2) is 12.1 Å². The number of carbonyl (C=O) groups excluding carboxylic acids is 1. The van der Waals surface area contributed by atoms with Crippen LogP contribution < -0.4 is 5.46 Å². The van der Waals surface area contributed by atoms with Gasteiger partial charge in [0.15, 0.2) is 6.29 Å². The van der Waals surface area contributed by atoms with Crippen molar-refractivity contribution in [2.75, 3.05) is 0 Å². The van der Waals surface area contributed by atoms with Crippen molar-refractivity contribution in [2.45, 2.75) is 6.92 Å². The quantitative estimate of drug-likeness (QED) is 0.484. The maximum Gasteiger partial charge on any atom is 0.489 e. The number of rotatable bonds is 2. The van der Waals surface area contributed by atoms with Gasteiger partial charge in [-0.25, -0.2) is 4.39 Å². The van der Waals surface area contributed by atoms with Gasteiger partial charge in [0.2, 0.25) is 0 Å². The molecule has 5 heteroatoms.